The van der Waals surface area contributed by atoms with Gasteiger partial charge in [0.05, 0.1) is 23.2 Å². The van der Waals surface area contributed by atoms with Gasteiger partial charge in [-0.05, 0) is 12.1 Å². The van der Waals surface area contributed by atoms with Crippen molar-refractivity contribution in [3.63, 3.8) is 0 Å². The predicted molar refractivity (Wildman–Crippen MR) is 81.5 cm³/mol. The average molecular weight is 344 g/mol. The lowest BCUT2D eigenvalue weighted by atomic mass is 10.3. The average Bonchev–Trinajstić information content (AvgIpc) is 2.92. The van der Waals surface area contributed by atoms with Gasteiger partial charge in [-0.2, -0.15) is 0 Å². The highest BCUT2D eigenvalue weighted by Gasteiger charge is 2.12. The van der Waals surface area contributed by atoms with Gasteiger partial charge in [-0.1, -0.05) is 28.9 Å². The molecule has 0 radical (unpaired) electrons. The van der Waals surface area contributed by atoms with E-state index in [-0.39, 0.29) is 18.8 Å². The Hall–Kier alpha value is -1.97. The van der Waals surface area contributed by atoms with E-state index in [1.165, 1.54) is 10.9 Å². The molecule has 2 aromatic rings. The van der Waals surface area contributed by atoms with Crippen LogP contribution in [0.3, 0.4) is 0 Å². The van der Waals surface area contributed by atoms with Gasteiger partial charge in [0, 0.05) is 13.1 Å². The highest BCUT2D eigenvalue weighted by molar-refractivity contribution is 7.88. The summed E-state index contributed by atoms with van der Waals surface area (Å²) in [6.45, 7) is 0.244. The zero-order valence-corrected chi connectivity index (χ0v) is 13.2. The van der Waals surface area contributed by atoms with Crippen LogP contribution in [0.5, 0.6) is 0 Å². The number of nitrogens with zero attached hydrogens (tertiary/aromatic N) is 3. The zero-order valence-electron chi connectivity index (χ0n) is 11.7. The number of para-hydroxylation sites is 1. The molecule has 0 aliphatic rings. The number of amides is 1. The first-order valence-electron chi connectivity index (χ1n) is 6.27. The van der Waals surface area contributed by atoms with Gasteiger partial charge in [0.25, 0.3) is 5.91 Å². The molecule has 0 atom stereocenters. The smallest absolute Gasteiger partial charge is 0.273 e. The third kappa shape index (κ3) is 4.52. The number of aromatic nitrogens is 3. The van der Waals surface area contributed by atoms with Crippen LogP contribution >= 0.6 is 11.6 Å². The molecule has 1 aromatic heterocycles. The van der Waals surface area contributed by atoms with Gasteiger partial charge < -0.3 is 5.32 Å². The fourth-order valence-corrected chi connectivity index (χ4v) is 2.32. The zero-order chi connectivity index (χ0) is 16.2. The molecule has 2 rings (SSSR count). The van der Waals surface area contributed by atoms with Crippen molar-refractivity contribution in [2.75, 3.05) is 19.3 Å². The van der Waals surface area contributed by atoms with E-state index >= 15 is 0 Å². The second-order valence-corrected chi connectivity index (χ2v) is 6.66. The van der Waals surface area contributed by atoms with Crippen LogP contribution in [-0.2, 0) is 10.0 Å². The Bertz CT molecular complexity index is 775. The molecule has 10 heteroatoms. The van der Waals surface area contributed by atoms with E-state index in [2.05, 4.69) is 20.4 Å². The van der Waals surface area contributed by atoms with Crippen molar-refractivity contribution in [2.45, 2.75) is 0 Å². The lowest BCUT2D eigenvalue weighted by Gasteiger charge is -2.03. The summed E-state index contributed by atoms with van der Waals surface area (Å²) in [5, 5.41) is 10.6. The summed E-state index contributed by atoms with van der Waals surface area (Å²) in [7, 11) is -3.27. The Morgan fingerprint density at radius 1 is 1.32 bits per heavy atom. The van der Waals surface area contributed by atoms with Crippen LogP contribution in [0.15, 0.2) is 30.5 Å². The maximum atomic E-state index is 11.9. The van der Waals surface area contributed by atoms with Gasteiger partial charge in [-0.3, -0.25) is 4.79 Å². The summed E-state index contributed by atoms with van der Waals surface area (Å²) >= 11 is 6.04. The first-order valence-corrected chi connectivity index (χ1v) is 8.54. The minimum atomic E-state index is -3.27. The van der Waals surface area contributed by atoms with Crippen molar-refractivity contribution in [1.29, 1.82) is 0 Å². The number of nitrogens with one attached hydrogen (secondary N) is 2. The van der Waals surface area contributed by atoms with Crippen LogP contribution in [-0.4, -0.2) is 48.7 Å². The minimum absolute atomic E-state index is 0.100. The topological polar surface area (TPSA) is 106 Å². The second-order valence-electron chi connectivity index (χ2n) is 4.42. The molecule has 2 N–H and O–H groups in total. The minimum Gasteiger partial charge on any atom is -0.349 e. The number of hydrogen-bond donors (Lipinski definition) is 2. The van der Waals surface area contributed by atoms with Crippen LogP contribution in [0.4, 0.5) is 0 Å². The fraction of sp³-hybridized carbons (Fsp3) is 0.250. The van der Waals surface area contributed by atoms with E-state index in [0.29, 0.717) is 10.7 Å². The molecule has 0 bridgehead atoms. The summed E-state index contributed by atoms with van der Waals surface area (Å²) in [5.74, 6) is -0.450. The molecule has 0 aliphatic carbocycles. The number of rotatable bonds is 6. The van der Waals surface area contributed by atoms with Crippen LogP contribution < -0.4 is 10.0 Å². The number of sulfonamides is 1. The maximum absolute atomic E-state index is 11.9. The number of halogens is 1. The molecular weight excluding hydrogens is 330 g/mol. The first-order chi connectivity index (χ1) is 10.4. The lowest BCUT2D eigenvalue weighted by molar-refractivity contribution is 0.0949. The molecule has 22 heavy (non-hydrogen) atoms. The Morgan fingerprint density at radius 2 is 2.05 bits per heavy atom. The monoisotopic (exact) mass is 343 g/mol. The lowest BCUT2D eigenvalue weighted by Crippen LogP contribution is -2.34. The molecule has 8 nitrogen and oxygen atoms in total. The quantitative estimate of drug-likeness (QED) is 0.729. The van der Waals surface area contributed by atoms with Gasteiger partial charge >= 0.3 is 0 Å². The Morgan fingerprint density at radius 3 is 2.73 bits per heavy atom. The van der Waals surface area contributed by atoms with E-state index in [1.807, 2.05) is 0 Å². The largest absolute Gasteiger partial charge is 0.349 e. The molecule has 1 aromatic carbocycles. The molecule has 0 spiro atoms. The molecule has 0 fully saturated rings. The number of benzene rings is 1. The standard InChI is InChI=1S/C12H14ClN5O3S/c1-22(20,21)15-7-6-14-12(19)10-8-18(17-16-10)11-5-3-2-4-9(11)13/h2-5,8,15H,6-7H2,1H3,(H,14,19). The third-order valence-electron chi connectivity index (χ3n) is 2.60. The predicted octanol–water partition coefficient (Wildman–Crippen LogP) is 0.200. The van der Waals surface area contributed by atoms with Crippen molar-refractivity contribution in [1.82, 2.24) is 25.0 Å². The van der Waals surface area contributed by atoms with Gasteiger partial charge in [0.15, 0.2) is 5.69 Å². The normalized spacial score (nSPS) is 11.4. The van der Waals surface area contributed by atoms with Crippen LogP contribution in [0, 0.1) is 0 Å². The SMILES string of the molecule is CS(=O)(=O)NCCNC(=O)c1cn(-c2ccccc2Cl)nn1. The van der Waals surface area contributed by atoms with Crippen LogP contribution in [0.2, 0.25) is 5.02 Å². The number of carbonyl (C=O) groups excluding carboxylic acids is 1. The van der Waals surface area contributed by atoms with Crippen molar-refractivity contribution < 1.29 is 13.2 Å². The van der Waals surface area contributed by atoms with Crippen LogP contribution in [0.1, 0.15) is 10.5 Å². The van der Waals surface area contributed by atoms with Crippen molar-refractivity contribution >= 4 is 27.5 Å². The first kappa shape index (κ1) is 16.4. The van der Waals surface area contributed by atoms with Gasteiger partial charge in [0.2, 0.25) is 10.0 Å². The highest BCUT2D eigenvalue weighted by atomic mass is 35.5. The number of carbonyl (C=O) groups is 1. The summed E-state index contributed by atoms with van der Waals surface area (Å²) < 4.78 is 25.4. The summed E-state index contributed by atoms with van der Waals surface area (Å²) in [5.41, 5.74) is 0.716. The Kier molecular flexibility index (Phi) is 5.11. The van der Waals surface area contributed by atoms with E-state index < -0.39 is 15.9 Å². The van der Waals surface area contributed by atoms with Crippen molar-refractivity contribution in [2.24, 2.45) is 0 Å². The van der Waals surface area contributed by atoms with Crippen molar-refractivity contribution in [3.8, 4) is 5.69 Å². The van der Waals surface area contributed by atoms with E-state index in [0.717, 1.165) is 6.26 Å². The molecule has 0 unspecified atom stereocenters. The maximum Gasteiger partial charge on any atom is 0.273 e. The summed E-state index contributed by atoms with van der Waals surface area (Å²) in [6.07, 6.45) is 2.49. The number of hydrogen-bond acceptors (Lipinski definition) is 5. The Labute approximate surface area is 132 Å². The van der Waals surface area contributed by atoms with Crippen LogP contribution in [0.25, 0.3) is 5.69 Å². The van der Waals surface area contributed by atoms with E-state index in [1.54, 1.807) is 24.3 Å². The molecule has 1 heterocycles. The van der Waals surface area contributed by atoms with Crippen molar-refractivity contribution in [3.05, 3.63) is 41.2 Å². The summed E-state index contributed by atoms with van der Waals surface area (Å²) in [4.78, 5) is 11.9. The van der Waals surface area contributed by atoms with E-state index in [9.17, 15) is 13.2 Å². The fourth-order valence-electron chi connectivity index (χ4n) is 1.63. The van der Waals surface area contributed by atoms with Gasteiger partial charge in [-0.15, -0.1) is 5.10 Å². The third-order valence-corrected chi connectivity index (χ3v) is 3.65. The molecule has 0 aliphatic heterocycles. The summed E-state index contributed by atoms with van der Waals surface area (Å²) in [6, 6.07) is 7.02. The molecular formula is C12H14ClN5O3S. The second kappa shape index (κ2) is 6.86. The molecule has 0 saturated heterocycles. The highest BCUT2D eigenvalue weighted by Crippen LogP contribution is 2.18. The van der Waals surface area contributed by atoms with E-state index in [4.69, 9.17) is 11.6 Å². The Balaban J connectivity index is 1.97. The van der Waals surface area contributed by atoms with Gasteiger partial charge in [0.1, 0.15) is 0 Å². The molecule has 1 amide bonds. The molecule has 0 saturated carbocycles. The van der Waals surface area contributed by atoms with Gasteiger partial charge in [-0.25, -0.2) is 17.8 Å². The molecule has 118 valence electrons.